The van der Waals surface area contributed by atoms with Crippen LogP contribution < -0.4 is 10.1 Å². The predicted molar refractivity (Wildman–Crippen MR) is 76.0 cm³/mol. The number of nitrogens with zero attached hydrogens (tertiary/aromatic N) is 1. The summed E-state index contributed by atoms with van der Waals surface area (Å²) in [5, 5.41) is 3.84. The van der Waals surface area contributed by atoms with Gasteiger partial charge in [-0.1, -0.05) is 23.2 Å². The van der Waals surface area contributed by atoms with Crippen molar-refractivity contribution in [2.24, 2.45) is 0 Å². The summed E-state index contributed by atoms with van der Waals surface area (Å²) in [6.45, 7) is 1.70. The number of carbonyl (C=O) groups excluding carboxylic acids is 1. The van der Waals surface area contributed by atoms with Crippen molar-refractivity contribution in [3.63, 3.8) is 0 Å². The standard InChI is InChI=1S/C13H16Cl2N2O2/c1-16-7-13(18)17-5-4-10(8-17)19-9-2-3-11(14)12(15)6-9/h2-3,6,10,16H,4-5,7-8H2,1H3. The molecule has 6 heteroatoms. The Labute approximate surface area is 122 Å². The van der Waals surface area contributed by atoms with E-state index in [-0.39, 0.29) is 12.0 Å². The lowest BCUT2D eigenvalue weighted by atomic mass is 10.3. The Kier molecular flexibility index (Phi) is 4.91. The Balaban J connectivity index is 1.91. The summed E-state index contributed by atoms with van der Waals surface area (Å²) in [6, 6.07) is 5.19. The molecule has 0 radical (unpaired) electrons. The fraction of sp³-hybridized carbons (Fsp3) is 0.462. The number of hydrogen-bond donors (Lipinski definition) is 1. The number of halogens is 2. The van der Waals surface area contributed by atoms with Gasteiger partial charge in [-0.3, -0.25) is 4.79 Å². The van der Waals surface area contributed by atoms with Crippen molar-refractivity contribution in [2.45, 2.75) is 12.5 Å². The lowest BCUT2D eigenvalue weighted by Gasteiger charge is -2.17. The van der Waals surface area contributed by atoms with E-state index in [1.54, 1.807) is 30.1 Å². The van der Waals surface area contributed by atoms with E-state index in [9.17, 15) is 4.79 Å². The molecule has 0 bridgehead atoms. The van der Waals surface area contributed by atoms with E-state index in [1.165, 1.54) is 0 Å². The summed E-state index contributed by atoms with van der Waals surface area (Å²) in [5.41, 5.74) is 0. The molecule has 1 atom stereocenters. The Bertz CT molecular complexity index is 468. The average Bonchev–Trinajstić information content (AvgIpc) is 2.83. The minimum Gasteiger partial charge on any atom is -0.488 e. The smallest absolute Gasteiger partial charge is 0.236 e. The maximum Gasteiger partial charge on any atom is 0.236 e. The predicted octanol–water partition coefficient (Wildman–Crippen LogP) is 2.19. The van der Waals surface area contributed by atoms with E-state index in [0.29, 0.717) is 28.9 Å². The molecule has 1 aliphatic heterocycles. The van der Waals surface area contributed by atoms with E-state index in [2.05, 4.69) is 5.32 Å². The van der Waals surface area contributed by atoms with Gasteiger partial charge in [-0.2, -0.15) is 0 Å². The van der Waals surface area contributed by atoms with Crippen LogP contribution in [0, 0.1) is 0 Å². The second-order valence-corrected chi connectivity index (χ2v) is 5.29. The first-order valence-corrected chi connectivity index (χ1v) is 6.90. The van der Waals surface area contributed by atoms with Crippen LogP contribution in [0.25, 0.3) is 0 Å². The molecule has 1 N–H and O–H groups in total. The van der Waals surface area contributed by atoms with Crippen LogP contribution in [0.15, 0.2) is 18.2 Å². The summed E-state index contributed by atoms with van der Waals surface area (Å²) >= 11 is 11.8. The Morgan fingerprint density at radius 3 is 2.95 bits per heavy atom. The molecule has 0 aliphatic carbocycles. The third kappa shape index (κ3) is 3.75. The Morgan fingerprint density at radius 2 is 2.26 bits per heavy atom. The van der Waals surface area contributed by atoms with E-state index < -0.39 is 0 Å². The third-order valence-corrected chi connectivity index (χ3v) is 3.76. The summed E-state index contributed by atoms with van der Waals surface area (Å²) in [4.78, 5) is 13.5. The number of carbonyl (C=O) groups is 1. The number of nitrogens with one attached hydrogen (secondary N) is 1. The van der Waals surface area contributed by atoms with E-state index in [1.807, 2.05) is 0 Å². The molecule has 1 amide bonds. The van der Waals surface area contributed by atoms with Gasteiger partial charge in [-0.15, -0.1) is 0 Å². The first kappa shape index (κ1) is 14.4. The fourth-order valence-corrected chi connectivity index (χ4v) is 2.34. The molecule has 1 aromatic rings. The number of likely N-dealkylation sites (N-methyl/N-ethyl adjacent to an activating group) is 1. The summed E-state index contributed by atoms with van der Waals surface area (Å²) < 4.78 is 5.81. The highest BCUT2D eigenvalue weighted by Gasteiger charge is 2.27. The summed E-state index contributed by atoms with van der Waals surface area (Å²) in [5.74, 6) is 0.782. The minimum absolute atomic E-state index is 0.0121. The topological polar surface area (TPSA) is 41.6 Å². The highest BCUT2D eigenvalue weighted by molar-refractivity contribution is 6.42. The zero-order chi connectivity index (χ0) is 13.8. The normalized spacial score (nSPS) is 18.7. The zero-order valence-electron chi connectivity index (χ0n) is 10.7. The van der Waals surface area contributed by atoms with Crippen LogP contribution in [0.5, 0.6) is 5.75 Å². The summed E-state index contributed by atoms with van der Waals surface area (Å²) in [7, 11) is 1.76. The number of ether oxygens (including phenoxy) is 1. The second kappa shape index (κ2) is 6.46. The van der Waals surface area contributed by atoms with Gasteiger partial charge in [0.1, 0.15) is 11.9 Å². The van der Waals surface area contributed by atoms with Crippen molar-refractivity contribution in [1.82, 2.24) is 10.2 Å². The number of amides is 1. The molecular weight excluding hydrogens is 287 g/mol. The van der Waals surface area contributed by atoms with Gasteiger partial charge in [0, 0.05) is 19.0 Å². The van der Waals surface area contributed by atoms with Gasteiger partial charge < -0.3 is 15.0 Å². The minimum atomic E-state index is 0.0121. The van der Waals surface area contributed by atoms with Crippen molar-refractivity contribution < 1.29 is 9.53 Å². The van der Waals surface area contributed by atoms with Gasteiger partial charge >= 0.3 is 0 Å². The molecule has 1 fully saturated rings. The molecule has 4 nitrogen and oxygen atoms in total. The Hall–Kier alpha value is -0.970. The second-order valence-electron chi connectivity index (χ2n) is 4.47. The molecule has 0 saturated carbocycles. The molecule has 1 heterocycles. The van der Waals surface area contributed by atoms with Gasteiger partial charge in [0.2, 0.25) is 5.91 Å². The quantitative estimate of drug-likeness (QED) is 0.927. The third-order valence-electron chi connectivity index (χ3n) is 3.02. The van der Waals surface area contributed by atoms with Crippen LogP contribution in [0.2, 0.25) is 10.0 Å². The van der Waals surface area contributed by atoms with Gasteiger partial charge in [0.25, 0.3) is 0 Å². The van der Waals surface area contributed by atoms with Gasteiger partial charge in [0.05, 0.1) is 23.1 Å². The van der Waals surface area contributed by atoms with Crippen molar-refractivity contribution >= 4 is 29.1 Å². The van der Waals surface area contributed by atoms with E-state index in [4.69, 9.17) is 27.9 Å². The van der Waals surface area contributed by atoms with Gasteiger partial charge in [-0.05, 0) is 19.2 Å². The van der Waals surface area contributed by atoms with Crippen molar-refractivity contribution in [3.05, 3.63) is 28.2 Å². The molecule has 0 spiro atoms. The van der Waals surface area contributed by atoms with Crippen LogP contribution >= 0.6 is 23.2 Å². The SMILES string of the molecule is CNCC(=O)N1CCC(Oc2ccc(Cl)c(Cl)c2)C1. The monoisotopic (exact) mass is 302 g/mol. The molecule has 2 rings (SSSR count). The van der Waals surface area contributed by atoms with E-state index >= 15 is 0 Å². The maximum absolute atomic E-state index is 11.7. The first-order valence-electron chi connectivity index (χ1n) is 6.14. The molecule has 1 saturated heterocycles. The zero-order valence-corrected chi connectivity index (χ0v) is 12.2. The first-order chi connectivity index (χ1) is 9.10. The lowest BCUT2D eigenvalue weighted by Crippen LogP contribution is -2.36. The number of benzene rings is 1. The van der Waals surface area contributed by atoms with Gasteiger partial charge in [-0.25, -0.2) is 0 Å². The van der Waals surface area contributed by atoms with Crippen LogP contribution in [0.1, 0.15) is 6.42 Å². The highest BCUT2D eigenvalue weighted by Crippen LogP contribution is 2.27. The van der Waals surface area contributed by atoms with Crippen LogP contribution in [0.3, 0.4) is 0 Å². The number of likely N-dealkylation sites (tertiary alicyclic amines) is 1. The average molecular weight is 303 g/mol. The largest absolute Gasteiger partial charge is 0.488 e. The van der Waals surface area contributed by atoms with Crippen molar-refractivity contribution in [2.75, 3.05) is 26.7 Å². The molecule has 1 aliphatic rings. The van der Waals surface area contributed by atoms with Crippen molar-refractivity contribution in [1.29, 1.82) is 0 Å². The van der Waals surface area contributed by atoms with Crippen LogP contribution in [-0.4, -0.2) is 43.6 Å². The van der Waals surface area contributed by atoms with Crippen LogP contribution in [0.4, 0.5) is 0 Å². The van der Waals surface area contributed by atoms with E-state index in [0.717, 1.165) is 13.0 Å². The molecular formula is C13H16Cl2N2O2. The Morgan fingerprint density at radius 1 is 1.47 bits per heavy atom. The number of hydrogen-bond acceptors (Lipinski definition) is 3. The fourth-order valence-electron chi connectivity index (χ4n) is 2.06. The van der Waals surface area contributed by atoms with Crippen molar-refractivity contribution in [3.8, 4) is 5.75 Å². The molecule has 104 valence electrons. The molecule has 1 aromatic carbocycles. The maximum atomic E-state index is 11.7. The molecule has 0 aromatic heterocycles. The molecule has 19 heavy (non-hydrogen) atoms. The summed E-state index contributed by atoms with van der Waals surface area (Å²) in [6.07, 6.45) is 0.841. The number of rotatable bonds is 4. The highest BCUT2D eigenvalue weighted by atomic mass is 35.5. The molecule has 1 unspecified atom stereocenters. The lowest BCUT2D eigenvalue weighted by molar-refractivity contribution is -0.129. The van der Waals surface area contributed by atoms with Crippen LogP contribution in [-0.2, 0) is 4.79 Å². The van der Waals surface area contributed by atoms with Gasteiger partial charge in [0.15, 0.2) is 0 Å².